The van der Waals surface area contributed by atoms with Crippen molar-refractivity contribution in [3.8, 4) is 0 Å². The first-order valence-electron chi connectivity index (χ1n) is 8.64. The van der Waals surface area contributed by atoms with E-state index in [-0.39, 0.29) is 29.5 Å². The van der Waals surface area contributed by atoms with E-state index in [1.807, 2.05) is 30.3 Å². The van der Waals surface area contributed by atoms with Gasteiger partial charge in [-0.05, 0) is 35.4 Å². The van der Waals surface area contributed by atoms with E-state index in [0.29, 0.717) is 0 Å². The molecule has 3 rings (SSSR count). The van der Waals surface area contributed by atoms with Crippen LogP contribution < -0.4 is 5.32 Å². The van der Waals surface area contributed by atoms with Crippen LogP contribution in [0.15, 0.2) is 48.7 Å². The largest absolute Gasteiger partial charge is 0.465 e. The predicted octanol–water partition coefficient (Wildman–Crippen LogP) is 3.52. The highest BCUT2D eigenvalue weighted by Crippen LogP contribution is 2.33. The molecule has 1 aliphatic heterocycles. The quantitative estimate of drug-likeness (QED) is 0.821. The van der Waals surface area contributed by atoms with Gasteiger partial charge in [-0.25, -0.2) is 9.18 Å². The molecule has 0 aliphatic carbocycles. The maximum Gasteiger partial charge on any atom is 0.340 e. The van der Waals surface area contributed by atoms with Crippen LogP contribution in [-0.4, -0.2) is 29.8 Å². The first-order valence-corrected chi connectivity index (χ1v) is 8.64. The molecule has 6 nitrogen and oxygen atoms in total. The molecule has 28 heavy (non-hydrogen) atoms. The van der Waals surface area contributed by atoms with Crippen molar-refractivity contribution in [2.45, 2.75) is 19.4 Å². The molecule has 144 valence electrons. The smallest absolute Gasteiger partial charge is 0.340 e. The van der Waals surface area contributed by atoms with E-state index in [1.54, 1.807) is 6.20 Å². The number of carbonyl (C=O) groups is 3. The van der Waals surface area contributed by atoms with Gasteiger partial charge in [0.2, 0.25) is 11.8 Å². The normalized spacial score (nSPS) is 15.0. The Hall–Kier alpha value is -3.48. The van der Waals surface area contributed by atoms with E-state index in [4.69, 9.17) is 0 Å². The summed E-state index contributed by atoms with van der Waals surface area (Å²) in [5, 5.41) is 2.65. The van der Waals surface area contributed by atoms with Crippen molar-refractivity contribution in [2.75, 3.05) is 12.4 Å². The Morgan fingerprint density at radius 3 is 2.64 bits per heavy atom. The van der Waals surface area contributed by atoms with Crippen LogP contribution in [-0.2, 0) is 14.3 Å². The van der Waals surface area contributed by atoms with Gasteiger partial charge >= 0.3 is 5.97 Å². The van der Waals surface area contributed by atoms with Gasteiger partial charge in [-0.15, -0.1) is 0 Å². The summed E-state index contributed by atoms with van der Waals surface area (Å²) in [5.74, 6) is -2.12. The highest BCUT2D eigenvalue weighted by Gasteiger charge is 2.28. The Labute approximate surface area is 161 Å². The molecule has 0 saturated heterocycles. The van der Waals surface area contributed by atoms with Gasteiger partial charge in [0.15, 0.2) is 0 Å². The fourth-order valence-electron chi connectivity index (χ4n) is 3.17. The van der Waals surface area contributed by atoms with Gasteiger partial charge < -0.3 is 15.0 Å². The molecule has 2 aromatic carbocycles. The summed E-state index contributed by atoms with van der Waals surface area (Å²) in [6.45, 7) is 1.44. The number of halogens is 1. The van der Waals surface area contributed by atoms with Crippen molar-refractivity contribution in [1.29, 1.82) is 0 Å². The minimum absolute atomic E-state index is 0.00582. The molecule has 1 atom stereocenters. The molecule has 0 aromatic heterocycles. The van der Waals surface area contributed by atoms with Crippen LogP contribution in [0, 0.1) is 5.82 Å². The number of hydrogen-bond acceptors (Lipinski definition) is 4. The second-order valence-corrected chi connectivity index (χ2v) is 6.33. The third kappa shape index (κ3) is 3.93. The molecule has 0 saturated carbocycles. The number of nitrogens with zero attached hydrogens (tertiary/aromatic N) is 1. The fourth-order valence-corrected chi connectivity index (χ4v) is 3.17. The van der Waals surface area contributed by atoms with Gasteiger partial charge in [0, 0.05) is 18.8 Å². The fraction of sp³-hybridized carbons (Fsp3) is 0.190. The first kappa shape index (κ1) is 19.3. The van der Waals surface area contributed by atoms with Crippen molar-refractivity contribution in [3.05, 3.63) is 71.2 Å². The minimum Gasteiger partial charge on any atom is -0.465 e. The SMILES string of the molecule is COC(=O)c1cc(NC(=O)CC2c3ccccc3C=CN2C(C)=O)ccc1F. The highest BCUT2D eigenvalue weighted by atomic mass is 19.1. The van der Waals surface area contributed by atoms with E-state index in [0.717, 1.165) is 24.3 Å². The number of methoxy groups -OCH3 is 1. The van der Waals surface area contributed by atoms with E-state index >= 15 is 0 Å². The predicted molar refractivity (Wildman–Crippen MR) is 102 cm³/mol. The lowest BCUT2D eigenvalue weighted by atomic mass is 9.93. The molecule has 1 N–H and O–H groups in total. The number of carbonyl (C=O) groups excluding carboxylic acids is 3. The maximum absolute atomic E-state index is 13.8. The minimum atomic E-state index is -0.831. The third-order valence-electron chi connectivity index (χ3n) is 4.50. The van der Waals surface area contributed by atoms with Crippen LogP contribution in [0.4, 0.5) is 10.1 Å². The van der Waals surface area contributed by atoms with Gasteiger partial charge in [-0.3, -0.25) is 9.59 Å². The molecule has 0 bridgehead atoms. The summed E-state index contributed by atoms with van der Waals surface area (Å²) < 4.78 is 18.3. The summed E-state index contributed by atoms with van der Waals surface area (Å²) in [6, 6.07) is 10.7. The zero-order valence-corrected chi connectivity index (χ0v) is 15.4. The van der Waals surface area contributed by atoms with Crippen LogP contribution in [0.2, 0.25) is 0 Å². The molecule has 2 amide bonds. The van der Waals surface area contributed by atoms with Crippen LogP contribution >= 0.6 is 0 Å². The topological polar surface area (TPSA) is 75.7 Å². The highest BCUT2D eigenvalue weighted by molar-refractivity contribution is 5.95. The van der Waals surface area contributed by atoms with Crippen molar-refractivity contribution in [1.82, 2.24) is 4.90 Å². The van der Waals surface area contributed by atoms with Crippen molar-refractivity contribution in [2.24, 2.45) is 0 Å². The second-order valence-electron chi connectivity index (χ2n) is 6.33. The standard InChI is InChI=1S/C21H19FN2O4/c1-13(25)24-10-9-14-5-3-4-6-16(14)19(24)12-20(26)23-15-7-8-18(22)17(11-15)21(27)28-2/h3-11,19H,12H2,1-2H3,(H,23,26). The Morgan fingerprint density at radius 1 is 1.18 bits per heavy atom. The van der Waals surface area contributed by atoms with E-state index in [2.05, 4.69) is 10.1 Å². The van der Waals surface area contributed by atoms with E-state index < -0.39 is 17.8 Å². The molecule has 1 unspecified atom stereocenters. The molecule has 7 heteroatoms. The second kappa shape index (κ2) is 8.04. The maximum atomic E-state index is 13.8. The Morgan fingerprint density at radius 2 is 1.93 bits per heavy atom. The number of ether oxygens (including phenoxy) is 1. The average Bonchev–Trinajstić information content (AvgIpc) is 2.68. The number of fused-ring (bicyclic) bond motifs is 1. The van der Waals surface area contributed by atoms with Gasteiger partial charge in [0.25, 0.3) is 0 Å². The summed E-state index contributed by atoms with van der Waals surface area (Å²) >= 11 is 0. The lowest BCUT2D eigenvalue weighted by Gasteiger charge is -2.32. The summed E-state index contributed by atoms with van der Waals surface area (Å²) in [5.41, 5.74) is 1.80. The number of esters is 1. The Bertz CT molecular complexity index is 971. The third-order valence-corrected chi connectivity index (χ3v) is 4.50. The Balaban J connectivity index is 1.81. The van der Waals surface area contributed by atoms with Crippen LogP contribution in [0.3, 0.4) is 0 Å². The average molecular weight is 382 g/mol. The van der Waals surface area contributed by atoms with Crippen molar-refractivity contribution >= 4 is 29.5 Å². The zero-order valence-electron chi connectivity index (χ0n) is 15.4. The summed E-state index contributed by atoms with van der Waals surface area (Å²) in [4.78, 5) is 37.7. The Kier molecular flexibility index (Phi) is 5.54. The number of nitrogens with one attached hydrogen (secondary N) is 1. The van der Waals surface area contributed by atoms with Crippen molar-refractivity contribution < 1.29 is 23.5 Å². The van der Waals surface area contributed by atoms with Crippen LogP contribution in [0.5, 0.6) is 0 Å². The van der Waals surface area contributed by atoms with Gasteiger partial charge in [0.05, 0.1) is 25.1 Å². The van der Waals surface area contributed by atoms with Gasteiger partial charge in [-0.1, -0.05) is 24.3 Å². The molecule has 1 aliphatic rings. The molecular weight excluding hydrogens is 363 g/mol. The summed E-state index contributed by atoms with van der Waals surface area (Å²) in [6.07, 6.45) is 3.50. The monoisotopic (exact) mass is 382 g/mol. The number of benzene rings is 2. The molecule has 0 fully saturated rings. The lowest BCUT2D eigenvalue weighted by Crippen LogP contribution is -2.33. The lowest BCUT2D eigenvalue weighted by molar-refractivity contribution is -0.129. The molecule has 1 heterocycles. The van der Waals surface area contributed by atoms with Gasteiger partial charge in [0.1, 0.15) is 5.82 Å². The number of anilines is 1. The number of hydrogen-bond donors (Lipinski definition) is 1. The first-order chi connectivity index (χ1) is 13.4. The van der Waals surface area contributed by atoms with Gasteiger partial charge in [-0.2, -0.15) is 0 Å². The zero-order chi connectivity index (χ0) is 20.3. The molecule has 2 aromatic rings. The van der Waals surface area contributed by atoms with Crippen LogP contribution in [0.25, 0.3) is 6.08 Å². The molecular formula is C21H19FN2O4. The molecule has 0 spiro atoms. The number of rotatable bonds is 4. The van der Waals surface area contributed by atoms with Crippen molar-refractivity contribution in [3.63, 3.8) is 0 Å². The van der Waals surface area contributed by atoms with E-state index in [9.17, 15) is 18.8 Å². The molecule has 0 radical (unpaired) electrons. The number of amides is 2. The summed E-state index contributed by atoms with van der Waals surface area (Å²) in [7, 11) is 1.15. The van der Waals surface area contributed by atoms with Crippen LogP contribution in [0.1, 0.15) is 40.9 Å². The van der Waals surface area contributed by atoms with E-state index in [1.165, 1.54) is 24.0 Å².